The summed E-state index contributed by atoms with van der Waals surface area (Å²) in [4.78, 5) is 20.7. The molecule has 28 heavy (non-hydrogen) atoms. The van der Waals surface area contributed by atoms with E-state index in [9.17, 15) is 13.2 Å². The number of pyridine rings is 1. The van der Waals surface area contributed by atoms with Gasteiger partial charge in [0.2, 0.25) is 10.0 Å². The maximum absolute atomic E-state index is 12.8. The Kier molecular flexibility index (Phi) is 6.31. The van der Waals surface area contributed by atoms with E-state index in [1.165, 1.54) is 16.6 Å². The van der Waals surface area contributed by atoms with Crippen molar-refractivity contribution in [3.05, 3.63) is 54.4 Å². The van der Waals surface area contributed by atoms with Crippen LogP contribution in [0.5, 0.6) is 0 Å². The molecule has 0 saturated carbocycles. The van der Waals surface area contributed by atoms with E-state index < -0.39 is 10.0 Å². The second kappa shape index (κ2) is 8.70. The van der Waals surface area contributed by atoms with Gasteiger partial charge in [-0.05, 0) is 42.8 Å². The number of anilines is 1. The molecule has 0 radical (unpaired) electrons. The second-order valence-electron chi connectivity index (χ2n) is 6.85. The molecule has 1 aliphatic heterocycles. The number of carbonyl (C=O) groups excluding carboxylic acids is 1. The maximum Gasteiger partial charge on any atom is 0.253 e. The van der Waals surface area contributed by atoms with Crippen LogP contribution in [0.15, 0.2) is 53.7 Å². The van der Waals surface area contributed by atoms with Crippen molar-refractivity contribution in [3.63, 3.8) is 0 Å². The van der Waals surface area contributed by atoms with E-state index in [1.807, 2.05) is 31.3 Å². The Bertz CT molecular complexity index is 893. The molecule has 0 bridgehead atoms. The molecule has 2 heterocycles. The third kappa shape index (κ3) is 4.34. The van der Waals surface area contributed by atoms with Gasteiger partial charge in [-0.25, -0.2) is 8.42 Å². The molecule has 0 atom stereocenters. The smallest absolute Gasteiger partial charge is 0.253 e. The van der Waals surface area contributed by atoms with Gasteiger partial charge in [0.25, 0.3) is 5.91 Å². The Labute approximate surface area is 166 Å². The number of sulfonamides is 1. The van der Waals surface area contributed by atoms with Crippen molar-refractivity contribution in [1.29, 1.82) is 0 Å². The Morgan fingerprint density at radius 1 is 1.11 bits per heavy atom. The Morgan fingerprint density at radius 2 is 1.79 bits per heavy atom. The molecular weight excluding hydrogens is 376 g/mol. The first kappa shape index (κ1) is 20.3. The van der Waals surface area contributed by atoms with Gasteiger partial charge >= 0.3 is 0 Å². The minimum Gasteiger partial charge on any atom is -0.375 e. The lowest BCUT2D eigenvalue weighted by Crippen LogP contribution is -2.50. The third-order valence-corrected chi connectivity index (χ3v) is 6.79. The SMILES string of the molecule is CCCN(C)c1ccc(C(=O)N2CCN(S(=O)(=O)c3cccnc3)CC2)cc1. The average Bonchev–Trinajstić information content (AvgIpc) is 2.74. The Morgan fingerprint density at radius 3 is 2.36 bits per heavy atom. The predicted octanol–water partition coefficient (Wildman–Crippen LogP) is 2.07. The summed E-state index contributed by atoms with van der Waals surface area (Å²) >= 11 is 0. The van der Waals surface area contributed by atoms with Gasteiger partial charge in [-0.1, -0.05) is 6.92 Å². The molecule has 150 valence electrons. The fourth-order valence-electron chi connectivity index (χ4n) is 3.29. The van der Waals surface area contributed by atoms with Gasteiger partial charge in [-0.15, -0.1) is 0 Å². The molecule has 0 aliphatic carbocycles. The highest BCUT2D eigenvalue weighted by Gasteiger charge is 2.30. The van der Waals surface area contributed by atoms with Crippen LogP contribution in [0.3, 0.4) is 0 Å². The fourth-order valence-corrected chi connectivity index (χ4v) is 4.67. The molecular formula is C20H26N4O3S. The fraction of sp³-hybridized carbons (Fsp3) is 0.400. The molecule has 1 saturated heterocycles. The van der Waals surface area contributed by atoms with Crippen molar-refractivity contribution < 1.29 is 13.2 Å². The zero-order valence-electron chi connectivity index (χ0n) is 16.3. The van der Waals surface area contributed by atoms with Crippen molar-refractivity contribution in [1.82, 2.24) is 14.2 Å². The minimum absolute atomic E-state index is 0.0666. The number of aromatic nitrogens is 1. The molecule has 7 nitrogen and oxygen atoms in total. The molecule has 2 aromatic rings. The first-order chi connectivity index (χ1) is 13.4. The zero-order valence-corrected chi connectivity index (χ0v) is 17.1. The van der Waals surface area contributed by atoms with Crippen LogP contribution in [0.1, 0.15) is 23.7 Å². The number of benzene rings is 1. The van der Waals surface area contributed by atoms with Crippen LogP contribution in [-0.4, -0.2) is 68.3 Å². The van der Waals surface area contributed by atoms with E-state index in [4.69, 9.17) is 0 Å². The third-order valence-electron chi connectivity index (χ3n) is 4.91. The van der Waals surface area contributed by atoms with Crippen molar-refractivity contribution >= 4 is 21.6 Å². The number of hydrogen-bond acceptors (Lipinski definition) is 5. The summed E-state index contributed by atoms with van der Waals surface area (Å²) in [5, 5.41) is 0. The van der Waals surface area contributed by atoms with Gasteiger partial charge in [0.1, 0.15) is 4.90 Å². The largest absolute Gasteiger partial charge is 0.375 e. The lowest BCUT2D eigenvalue weighted by molar-refractivity contribution is 0.0698. The van der Waals surface area contributed by atoms with Crippen LogP contribution in [0, 0.1) is 0 Å². The van der Waals surface area contributed by atoms with E-state index in [1.54, 1.807) is 17.2 Å². The van der Waals surface area contributed by atoms with Gasteiger partial charge in [-0.3, -0.25) is 9.78 Å². The summed E-state index contributed by atoms with van der Waals surface area (Å²) in [5.74, 6) is -0.0666. The predicted molar refractivity (Wildman–Crippen MR) is 109 cm³/mol. The highest BCUT2D eigenvalue weighted by molar-refractivity contribution is 7.89. The Hall–Kier alpha value is -2.45. The second-order valence-corrected chi connectivity index (χ2v) is 8.79. The standard InChI is InChI=1S/C20H26N4O3S/c1-3-11-22(2)18-8-6-17(7-9-18)20(25)23-12-14-24(15-13-23)28(26,27)19-5-4-10-21-16-19/h4-10,16H,3,11-15H2,1-2H3. The molecule has 0 spiro atoms. The molecule has 8 heteroatoms. The number of amides is 1. The van der Waals surface area contributed by atoms with Gasteiger partial charge in [0.15, 0.2) is 0 Å². The highest BCUT2D eigenvalue weighted by Crippen LogP contribution is 2.19. The monoisotopic (exact) mass is 402 g/mol. The number of carbonyl (C=O) groups is 1. The molecule has 1 aromatic carbocycles. The number of piperazine rings is 1. The minimum atomic E-state index is -3.57. The summed E-state index contributed by atoms with van der Waals surface area (Å²) < 4.78 is 26.7. The van der Waals surface area contributed by atoms with E-state index >= 15 is 0 Å². The van der Waals surface area contributed by atoms with E-state index in [0.29, 0.717) is 18.7 Å². The quantitative estimate of drug-likeness (QED) is 0.740. The van der Waals surface area contributed by atoms with Crippen molar-refractivity contribution in [2.24, 2.45) is 0 Å². The van der Waals surface area contributed by atoms with Crippen molar-refractivity contribution in [2.75, 3.05) is 44.7 Å². The molecule has 0 unspecified atom stereocenters. The first-order valence-electron chi connectivity index (χ1n) is 9.44. The number of nitrogens with zero attached hydrogens (tertiary/aromatic N) is 4. The average molecular weight is 403 g/mol. The van der Waals surface area contributed by atoms with Crippen LogP contribution in [0.2, 0.25) is 0 Å². The number of rotatable bonds is 6. The van der Waals surface area contributed by atoms with Crippen molar-refractivity contribution in [2.45, 2.75) is 18.2 Å². The summed E-state index contributed by atoms with van der Waals surface area (Å²) in [7, 11) is -1.54. The highest BCUT2D eigenvalue weighted by atomic mass is 32.2. The molecule has 1 fully saturated rings. The van der Waals surface area contributed by atoms with E-state index in [2.05, 4.69) is 16.8 Å². The molecule has 3 rings (SSSR count). The zero-order chi connectivity index (χ0) is 20.1. The van der Waals surface area contributed by atoms with Crippen LogP contribution < -0.4 is 4.90 Å². The summed E-state index contributed by atoms with van der Waals surface area (Å²) in [6.07, 6.45) is 3.95. The normalized spacial score (nSPS) is 15.4. The van der Waals surface area contributed by atoms with E-state index in [0.717, 1.165) is 18.7 Å². The Balaban J connectivity index is 1.62. The molecule has 1 aromatic heterocycles. The van der Waals surface area contributed by atoms with Gasteiger partial charge in [0.05, 0.1) is 0 Å². The summed E-state index contributed by atoms with van der Waals surface area (Å²) in [6.45, 7) is 4.38. The van der Waals surface area contributed by atoms with Crippen LogP contribution in [0.4, 0.5) is 5.69 Å². The van der Waals surface area contributed by atoms with E-state index in [-0.39, 0.29) is 23.9 Å². The first-order valence-corrected chi connectivity index (χ1v) is 10.9. The molecule has 0 N–H and O–H groups in total. The van der Waals surface area contributed by atoms with Crippen LogP contribution in [-0.2, 0) is 10.0 Å². The summed E-state index contributed by atoms with van der Waals surface area (Å²) in [6, 6.07) is 10.7. The van der Waals surface area contributed by atoms with Gasteiger partial charge in [0, 0.05) is 63.4 Å². The van der Waals surface area contributed by atoms with Crippen molar-refractivity contribution in [3.8, 4) is 0 Å². The lowest BCUT2D eigenvalue weighted by Gasteiger charge is -2.34. The number of hydrogen-bond donors (Lipinski definition) is 0. The summed E-state index contributed by atoms with van der Waals surface area (Å²) in [5.41, 5.74) is 1.70. The van der Waals surface area contributed by atoms with Gasteiger partial charge in [-0.2, -0.15) is 4.31 Å². The molecule has 1 amide bonds. The van der Waals surface area contributed by atoms with Gasteiger partial charge < -0.3 is 9.80 Å². The topological polar surface area (TPSA) is 73.8 Å². The molecule has 1 aliphatic rings. The maximum atomic E-state index is 12.8. The lowest BCUT2D eigenvalue weighted by atomic mass is 10.1. The van der Waals surface area contributed by atoms with Crippen LogP contribution >= 0.6 is 0 Å². The van der Waals surface area contributed by atoms with Crippen LogP contribution in [0.25, 0.3) is 0 Å².